The van der Waals surface area contributed by atoms with Crippen LogP contribution in [0.25, 0.3) is 89.0 Å². The molecule has 0 spiro atoms. The minimum Gasteiger partial charge on any atom is -0.245 e. The normalized spacial score (nSPS) is 11.3. The molecule has 3 heterocycles. The number of aromatic nitrogens is 4. The minimum atomic E-state index is 0.695. The summed E-state index contributed by atoms with van der Waals surface area (Å²) in [6, 6.07) is 58.6. The Kier molecular flexibility index (Phi) is 6.76. The number of fused-ring (bicyclic) bond motifs is 4. The molecule has 0 atom stereocenters. The van der Waals surface area contributed by atoms with Gasteiger partial charge in [0, 0.05) is 38.6 Å². The van der Waals surface area contributed by atoms with Crippen LogP contribution in [0.4, 0.5) is 0 Å². The molecule has 6 aromatic carbocycles. The Morgan fingerprint density at radius 2 is 0.729 bits per heavy atom. The Bertz CT molecular complexity index is 2560. The molecule has 4 heteroatoms. The predicted octanol–water partition coefficient (Wildman–Crippen LogP) is 11.1. The molecule has 0 saturated heterocycles. The van der Waals surface area contributed by atoms with Gasteiger partial charge >= 0.3 is 0 Å². The van der Waals surface area contributed by atoms with Crippen LogP contribution in [-0.2, 0) is 0 Å². The van der Waals surface area contributed by atoms with E-state index in [0.29, 0.717) is 5.82 Å². The van der Waals surface area contributed by atoms with Crippen LogP contribution in [0, 0.1) is 0 Å². The van der Waals surface area contributed by atoms with Gasteiger partial charge in [-0.2, -0.15) is 0 Å². The van der Waals surface area contributed by atoms with Gasteiger partial charge in [-0.15, -0.1) is 0 Å². The Hall–Kier alpha value is -6.52. The van der Waals surface area contributed by atoms with Gasteiger partial charge in [-0.05, 0) is 41.1 Å². The van der Waals surface area contributed by atoms with Crippen molar-refractivity contribution in [3.05, 3.63) is 170 Å². The van der Waals surface area contributed by atoms with Gasteiger partial charge in [-0.1, -0.05) is 140 Å². The fourth-order valence-corrected chi connectivity index (χ4v) is 6.34. The topological polar surface area (TPSA) is 51.6 Å². The Morgan fingerprint density at radius 1 is 0.250 bits per heavy atom. The molecule has 0 unspecified atom stereocenters. The predicted molar refractivity (Wildman–Crippen MR) is 197 cm³/mol. The van der Waals surface area contributed by atoms with Crippen molar-refractivity contribution in [1.82, 2.24) is 19.9 Å². The molecular formula is C44H28N4. The molecule has 4 nitrogen and oxygen atoms in total. The zero-order chi connectivity index (χ0) is 31.9. The molecule has 3 aromatic heterocycles. The highest BCUT2D eigenvalue weighted by atomic mass is 14.9. The molecule has 9 rings (SSSR count). The number of pyridine rings is 2. The van der Waals surface area contributed by atoms with E-state index in [2.05, 4.69) is 121 Å². The summed E-state index contributed by atoms with van der Waals surface area (Å²) < 4.78 is 0. The summed E-state index contributed by atoms with van der Waals surface area (Å²) in [6.45, 7) is 0. The third kappa shape index (κ3) is 5.16. The molecule has 9 aromatic rings. The molecule has 224 valence electrons. The highest BCUT2D eigenvalue weighted by molar-refractivity contribution is 6.04. The summed E-state index contributed by atoms with van der Waals surface area (Å²) in [7, 11) is 0. The van der Waals surface area contributed by atoms with E-state index in [-0.39, 0.29) is 0 Å². The minimum absolute atomic E-state index is 0.695. The fraction of sp³-hybridized carbons (Fsp3) is 0. The van der Waals surface area contributed by atoms with Crippen molar-refractivity contribution in [2.24, 2.45) is 0 Å². The third-order valence-electron chi connectivity index (χ3n) is 8.85. The van der Waals surface area contributed by atoms with E-state index in [0.717, 1.165) is 72.4 Å². The molecule has 0 aliphatic rings. The number of nitrogens with zero attached hydrogens (tertiary/aromatic N) is 4. The molecule has 0 aliphatic carbocycles. The summed E-state index contributed by atoms with van der Waals surface area (Å²) in [5, 5.41) is 4.54. The van der Waals surface area contributed by atoms with Crippen molar-refractivity contribution in [2.45, 2.75) is 0 Å². The van der Waals surface area contributed by atoms with Crippen LogP contribution in [0.2, 0.25) is 0 Å². The van der Waals surface area contributed by atoms with Crippen molar-refractivity contribution in [3.8, 4) is 56.4 Å². The Labute approximate surface area is 278 Å². The quantitative estimate of drug-likeness (QED) is 0.181. The first-order valence-electron chi connectivity index (χ1n) is 16.1. The first kappa shape index (κ1) is 27.8. The summed E-state index contributed by atoms with van der Waals surface area (Å²) in [4.78, 5) is 20.4. The lowest BCUT2D eigenvalue weighted by Crippen LogP contribution is -1.96. The van der Waals surface area contributed by atoms with Gasteiger partial charge in [0.05, 0.1) is 33.8 Å². The van der Waals surface area contributed by atoms with E-state index >= 15 is 0 Å². The molecule has 0 N–H and O–H groups in total. The second kappa shape index (κ2) is 11.7. The first-order valence-corrected chi connectivity index (χ1v) is 16.1. The SMILES string of the molecule is c1ccc(-c2cc(-c3cccc(-c4ccc5ccc6ccc(-c7ccc8ccccc8c7)nc6c5n4)c3)nc(-c3ccccc3)n2)cc1. The largest absolute Gasteiger partial charge is 0.245 e. The smallest absolute Gasteiger partial charge is 0.160 e. The lowest BCUT2D eigenvalue weighted by atomic mass is 10.0. The van der Waals surface area contributed by atoms with Gasteiger partial charge in [0.15, 0.2) is 5.82 Å². The van der Waals surface area contributed by atoms with Gasteiger partial charge in [-0.3, -0.25) is 0 Å². The maximum atomic E-state index is 5.23. The van der Waals surface area contributed by atoms with Gasteiger partial charge < -0.3 is 0 Å². The van der Waals surface area contributed by atoms with E-state index < -0.39 is 0 Å². The Morgan fingerprint density at radius 3 is 1.40 bits per heavy atom. The van der Waals surface area contributed by atoms with E-state index in [1.54, 1.807) is 0 Å². The molecule has 0 fully saturated rings. The molecule has 48 heavy (non-hydrogen) atoms. The molecule has 0 bridgehead atoms. The maximum absolute atomic E-state index is 5.23. The average molecular weight is 613 g/mol. The Balaban J connectivity index is 1.15. The van der Waals surface area contributed by atoms with Crippen molar-refractivity contribution >= 4 is 32.6 Å². The number of rotatable bonds is 5. The first-order chi connectivity index (χ1) is 23.7. The molecule has 0 saturated carbocycles. The van der Waals surface area contributed by atoms with E-state index in [9.17, 15) is 0 Å². The van der Waals surface area contributed by atoms with Crippen LogP contribution in [0.15, 0.2) is 170 Å². The summed E-state index contributed by atoms with van der Waals surface area (Å²) in [5.41, 5.74) is 10.5. The van der Waals surface area contributed by atoms with Crippen molar-refractivity contribution < 1.29 is 0 Å². The van der Waals surface area contributed by atoms with Gasteiger partial charge in [0.2, 0.25) is 0 Å². The van der Waals surface area contributed by atoms with E-state index in [4.69, 9.17) is 19.9 Å². The lowest BCUT2D eigenvalue weighted by molar-refractivity contribution is 1.18. The van der Waals surface area contributed by atoms with E-state index in [1.165, 1.54) is 10.8 Å². The van der Waals surface area contributed by atoms with Gasteiger partial charge in [0.25, 0.3) is 0 Å². The standard InChI is InChI=1S/C44H28N4/c1-3-11-30(12-4-1)40-28-41(48-44(47-40)33-13-5-2-6-14-33)36-17-9-16-35(27-36)38-24-22-31-19-20-32-23-25-39(46-43(32)42(31)45-38)37-21-18-29-10-7-8-15-34(29)26-37/h1-28H. The summed E-state index contributed by atoms with van der Waals surface area (Å²) in [5.74, 6) is 0.695. The van der Waals surface area contributed by atoms with Crippen molar-refractivity contribution in [1.29, 1.82) is 0 Å². The van der Waals surface area contributed by atoms with Gasteiger partial charge in [-0.25, -0.2) is 19.9 Å². The highest BCUT2D eigenvalue weighted by Gasteiger charge is 2.13. The molecule has 0 aliphatic heterocycles. The maximum Gasteiger partial charge on any atom is 0.160 e. The second-order valence-electron chi connectivity index (χ2n) is 11.9. The average Bonchev–Trinajstić information content (AvgIpc) is 3.18. The second-order valence-corrected chi connectivity index (χ2v) is 11.9. The van der Waals surface area contributed by atoms with Crippen LogP contribution in [-0.4, -0.2) is 19.9 Å². The zero-order valence-electron chi connectivity index (χ0n) is 26.0. The number of benzene rings is 6. The van der Waals surface area contributed by atoms with Crippen LogP contribution in [0.1, 0.15) is 0 Å². The molecular weight excluding hydrogens is 585 g/mol. The van der Waals surface area contributed by atoms with Crippen molar-refractivity contribution in [2.75, 3.05) is 0 Å². The fourth-order valence-electron chi connectivity index (χ4n) is 6.34. The summed E-state index contributed by atoms with van der Waals surface area (Å²) >= 11 is 0. The molecule has 0 amide bonds. The summed E-state index contributed by atoms with van der Waals surface area (Å²) in [6.07, 6.45) is 0. The lowest BCUT2D eigenvalue weighted by Gasteiger charge is -2.11. The molecule has 0 radical (unpaired) electrons. The monoisotopic (exact) mass is 612 g/mol. The van der Waals surface area contributed by atoms with Gasteiger partial charge in [0.1, 0.15) is 0 Å². The third-order valence-corrected chi connectivity index (χ3v) is 8.85. The number of hydrogen-bond acceptors (Lipinski definition) is 4. The van der Waals surface area contributed by atoms with Crippen LogP contribution < -0.4 is 0 Å². The van der Waals surface area contributed by atoms with Crippen molar-refractivity contribution in [3.63, 3.8) is 0 Å². The highest BCUT2D eigenvalue weighted by Crippen LogP contribution is 2.32. The zero-order valence-corrected chi connectivity index (χ0v) is 26.0. The van der Waals surface area contributed by atoms with Crippen LogP contribution >= 0.6 is 0 Å². The van der Waals surface area contributed by atoms with Crippen LogP contribution in [0.5, 0.6) is 0 Å². The van der Waals surface area contributed by atoms with E-state index in [1.807, 2.05) is 48.5 Å². The van der Waals surface area contributed by atoms with Crippen LogP contribution in [0.3, 0.4) is 0 Å². The number of hydrogen-bond donors (Lipinski definition) is 0.